The molecular formula is C17H16N4O2S. The lowest BCUT2D eigenvalue weighted by molar-refractivity contribution is 0.0944. The summed E-state index contributed by atoms with van der Waals surface area (Å²) >= 11 is 1.55. The van der Waals surface area contributed by atoms with Gasteiger partial charge in [-0.05, 0) is 13.0 Å². The fraction of sp³-hybridized carbons (Fsp3) is 0.176. The molecular weight excluding hydrogens is 324 g/mol. The summed E-state index contributed by atoms with van der Waals surface area (Å²) in [5.41, 5.74) is 2.13. The number of hydrogen-bond donors (Lipinski definition) is 1. The molecule has 0 unspecified atom stereocenters. The molecule has 3 rings (SSSR count). The number of rotatable bonds is 6. The zero-order valence-electron chi connectivity index (χ0n) is 13.1. The van der Waals surface area contributed by atoms with E-state index >= 15 is 0 Å². The first-order chi connectivity index (χ1) is 11.8. The van der Waals surface area contributed by atoms with Crippen molar-refractivity contribution in [2.75, 3.05) is 6.61 Å². The van der Waals surface area contributed by atoms with Gasteiger partial charge in [0.25, 0.3) is 5.91 Å². The van der Waals surface area contributed by atoms with E-state index in [-0.39, 0.29) is 11.6 Å². The van der Waals surface area contributed by atoms with E-state index in [9.17, 15) is 4.79 Å². The lowest BCUT2D eigenvalue weighted by Gasteiger charge is -2.03. The number of hydrogen-bond acceptors (Lipinski definition) is 6. The highest BCUT2D eigenvalue weighted by atomic mass is 32.1. The van der Waals surface area contributed by atoms with Crippen LogP contribution in [-0.2, 0) is 6.54 Å². The van der Waals surface area contributed by atoms with E-state index in [1.807, 2.05) is 42.6 Å². The first-order valence-corrected chi connectivity index (χ1v) is 8.39. The van der Waals surface area contributed by atoms with Gasteiger partial charge in [0.15, 0.2) is 5.69 Å². The third-order valence-corrected chi connectivity index (χ3v) is 4.11. The van der Waals surface area contributed by atoms with Crippen molar-refractivity contribution in [3.05, 3.63) is 59.2 Å². The van der Waals surface area contributed by atoms with Crippen LogP contribution in [0, 0.1) is 0 Å². The van der Waals surface area contributed by atoms with Crippen molar-refractivity contribution in [1.29, 1.82) is 0 Å². The third-order valence-electron chi connectivity index (χ3n) is 3.17. The molecule has 0 radical (unpaired) electrons. The van der Waals surface area contributed by atoms with Gasteiger partial charge in [0.1, 0.15) is 5.01 Å². The molecule has 6 nitrogen and oxygen atoms in total. The Morgan fingerprint density at radius 2 is 2.00 bits per heavy atom. The van der Waals surface area contributed by atoms with Crippen LogP contribution in [0.3, 0.4) is 0 Å². The normalized spacial score (nSPS) is 10.4. The molecule has 2 aromatic heterocycles. The van der Waals surface area contributed by atoms with Gasteiger partial charge in [-0.15, -0.1) is 21.5 Å². The molecule has 0 saturated carbocycles. The number of aromatic nitrogens is 3. The average molecular weight is 340 g/mol. The Morgan fingerprint density at radius 1 is 1.17 bits per heavy atom. The third kappa shape index (κ3) is 3.94. The van der Waals surface area contributed by atoms with Gasteiger partial charge >= 0.3 is 0 Å². The molecule has 1 aromatic carbocycles. The smallest absolute Gasteiger partial charge is 0.272 e. The summed E-state index contributed by atoms with van der Waals surface area (Å²) < 4.78 is 5.20. The molecule has 24 heavy (non-hydrogen) atoms. The SMILES string of the molecule is CCOc1ccc(C(=O)NCc2csc(-c3ccccc3)n2)nn1. The van der Waals surface area contributed by atoms with E-state index in [1.54, 1.807) is 23.5 Å². The van der Waals surface area contributed by atoms with Crippen LogP contribution in [0.15, 0.2) is 47.8 Å². The molecule has 1 N–H and O–H groups in total. The van der Waals surface area contributed by atoms with Gasteiger partial charge in [-0.25, -0.2) is 4.98 Å². The second kappa shape index (κ2) is 7.65. The summed E-state index contributed by atoms with van der Waals surface area (Å²) in [7, 11) is 0. The predicted octanol–water partition coefficient (Wildman–Crippen LogP) is 2.93. The summed E-state index contributed by atoms with van der Waals surface area (Å²) in [6, 6.07) is 13.2. The topological polar surface area (TPSA) is 77.0 Å². The molecule has 0 spiro atoms. The minimum Gasteiger partial charge on any atom is -0.477 e. The van der Waals surface area contributed by atoms with Crippen LogP contribution < -0.4 is 10.1 Å². The number of thiazole rings is 1. The molecule has 0 fully saturated rings. The molecule has 0 aliphatic rings. The standard InChI is InChI=1S/C17H16N4O2S/c1-2-23-15-9-8-14(20-21-15)16(22)18-10-13-11-24-17(19-13)12-6-4-3-5-7-12/h3-9,11H,2,10H2,1H3,(H,18,22). The van der Waals surface area contributed by atoms with Gasteiger partial charge in [0.05, 0.1) is 18.8 Å². The summed E-state index contributed by atoms with van der Waals surface area (Å²) in [5, 5.41) is 13.4. The first kappa shape index (κ1) is 16.1. The van der Waals surface area contributed by atoms with Gasteiger partial charge in [-0.3, -0.25) is 4.79 Å². The summed E-state index contributed by atoms with van der Waals surface area (Å²) in [6.45, 7) is 2.71. The van der Waals surface area contributed by atoms with Crippen molar-refractivity contribution in [2.45, 2.75) is 13.5 Å². The van der Waals surface area contributed by atoms with E-state index in [2.05, 4.69) is 20.5 Å². The highest BCUT2D eigenvalue weighted by Gasteiger charge is 2.10. The minimum atomic E-state index is -0.292. The van der Waals surface area contributed by atoms with Crippen LogP contribution in [0.4, 0.5) is 0 Å². The zero-order chi connectivity index (χ0) is 16.8. The lowest BCUT2D eigenvalue weighted by atomic mass is 10.2. The van der Waals surface area contributed by atoms with E-state index in [1.165, 1.54) is 0 Å². The van der Waals surface area contributed by atoms with Crippen molar-refractivity contribution in [2.24, 2.45) is 0 Å². The lowest BCUT2D eigenvalue weighted by Crippen LogP contribution is -2.24. The highest BCUT2D eigenvalue weighted by Crippen LogP contribution is 2.23. The van der Waals surface area contributed by atoms with Crippen LogP contribution in [0.5, 0.6) is 5.88 Å². The van der Waals surface area contributed by atoms with E-state index in [4.69, 9.17) is 4.74 Å². The number of carbonyl (C=O) groups excluding carboxylic acids is 1. The van der Waals surface area contributed by atoms with E-state index in [0.717, 1.165) is 16.3 Å². The molecule has 3 aromatic rings. The number of nitrogens with one attached hydrogen (secondary N) is 1. The molecule has 0 atom stereocenters. The number of ether oxygens (including phenoxy) is 1. The van der Waals surface area contributed by atoms with Gasteiger partial charge in [-0.1, -0.05) is 30.3 Å². The molecule has 1 amide bonds. The Labute approximate surface area is 143 Å². The molecule has 0 aliphatic heterocycles. The summed E-state index contributed by atoms with van der Waals surface area (Å²) in [4.78, 5) is 16.6. The molecule has 122 valence electrons. The first-order valence-electron chi connectivity index (χ1n) is 7.51. The van der Waals surface area contributed by atoms with E-state index in [0.29, 0.717) is 19.0 Å². The second-order valence-electron chi connectivity index (χ2n) is 4.88. The maximum Gasteiger partial charge on any atom is 0.272 e. The van der Waals surface area contributed by atoms with Crippen LogP contribution in [0.1, 0.15) is 23.1 Å². The van der Waals surface area contributed by atoms with Crippen molar-refractivity contribution in [3.8, 4) is 16.5 Å². The quantitative estimate of drug-likeness (QED) is 0.746. The van der Waals surface area contributed by atoms with Crippen molar-refractivity contribution in [3.63, 3.8) is 0 Å². The Bertz CT molecular complexity index is 803. The Kier molecular flexibility index (Phi) is 5.12. The molecule has 7 heteroatoms. The van der Waals surface area contributed by atoms with Gasteiger partial charge in [0.2, 0.25) is 5.88 Å². The molecule has 0 bridgehead atoms. The van der Waals surface area contributed by atoms with Crippen molar-refractivity contribution < 1.29 is 9.53 Å². The average Bonchev–Trinajstić information content (AvgIpc) is 3.10. The minimum absolute atomic E-state index is 0.247. The summed E-state index contributed by atoms with van der Waals surface area (Å²) in [6.07, 6.45) is 0. The summed E-state index contributed by atoms with van der Waals surface area (Å²) in [5.74, 6) is 0.112. The molecule has 0 saturated heterocycles. The second-order valence-corrected chi connectivity index (χ2v) is 5.74. The fourth-order valence-electron chi connectivity index (χ4n) is 2.03. The maximum absolute atomic E-state index is 12.1. The number of benzene rings is 1. The van der Waals surface area contributed by atoms with Gasteiger partial charge in [0, 0.05) is 17.0 Å². The zero-order valence-corrected chi connectivity index (χ0v) is 13.9. The van der Waals surface area contributed by atoms with E-state index < -0.39 is 0 Å². The van der Waals surface area contributed by atoms with Crippen LogP contribution >= 0.6 is 11.3 Å². The van der Waals surface area contributed by atoms with Crippen LogP contribution in [-0.4, -0.2) is 27.7 Å². The van der Waals surface area contributed by atoms with Crippen LogP contribution in [0.2, 0.25) is 0 Å². The number of amides is 1. The monoisotopic (exact) mass is 340 g/mol. The largest absolute Gasteiger partial charge is 0.477 e. The fourth-order valence-corrected chi connectivity index (χ4v) is 2.85. The van der Waals surface area contributed by atoms with Gasteiger partial charge in [-0.2, -0.15) is 0 Å². The van der Waals surface area contributed by atoms with Crippen molar-refractivity contribution in [1.82, 2.24) is 20.5 Å². The Morgan fingerprint density at radius 3 is 2.71 bits per heavy atom. The number of carbonyl (C=O) groups is 1. The predicted molar refractivity (Wildman–Crippen MR) is 91.9 cm³/mol. The van der Waals surface area contributed by atoms with Crippen molar-refractivity contribution >= 4 is 17.2 Å². The van der Waals surface area contributed by atoms with Gasteiger partial charge < -0.3 is 10.1 Å². The molecule has 2 heterocycles. The number of nitrogens with zero attached hydrogens (tertiary/aromatic N) is 3. The highest BCUT2D eigenvalue weighted by molar-refractivity contribution is 7.13. The van der Waals surface area contributed by atoms with Crippen LogP contribution in [0.25, 0.3) is 10.6 Å². The Balaban J connectivity index is 1.59. The Hall–Kier alpha value is -2.80. The maximum atomic E-state index is 12.1. The molecule has 0 aliphatic carbocycles.